The van der Waals surface area contributed by atoms with E-state index in [2.05, 4.69) is 5.32 Å². The zero-order valence-electron chi connectivity index (χ0n) is 12.0. The number of hydrogen-bond acceptors (Lipinski definition) is 2. The summed E-state index contributed by atoms with van der Waals surface area (Å²) in [5.74, 6) is -0.110. The highest BCUT2D eigenvalue weighted by atomic mass is 16.1. The maximum Gasteiger partial charge on any atom is 0.255 e. The second-order valence-electron chi connectivity index (χ2n) is 5.02. The van der Waals surface area contributed by atoms with Crippen molar-refractivity contribution < 1.29 is 4.79 Å². The average molecular weight is 288 g/mol. The van der Waals surface area contributed by atoms with Crippen molar-refractivity contribution >= 4 is 17.3 Å². The molecule has 0 spiro atoms. The van der Waals surface area contributed by atoms with Crippen LogP contribution in [0.1, 0.15) is 10.4 Å². The number of nitrogen functional groups attached to an aromatic ring is 1. The van der Waals surface area contributed by atoms with Crippen molar-refractivity contribution in [2.45, 2.75) is 0 Å². The van der Waals surface area contributed by atoms with E-state index in [0.29, 0.717) is 5.56 Å². The summed E-state index contributed by atoms with van der Waals surface area (Å²) in [6, 6.07) is 24.6. The van der Waals surface area contributed by atoms with Crippen LogP contribution in [0.2, 0.25) is 0 Å². The van der Waals surface area contributed by atoms with Crippen LogP contribution in [0.5, 0.6) is 0 Å². The van der Waals surface area contributed by atoms with E-state index in [4.69, 9.17) is 5.73 Å². The Morgan fingerprint density at radius 2 is 1.27 bits per heavy atom. The van der Waals surface area contributed by atoms with Crippen LogP contribution in [0.3, 0.4) is 0 Å². The summed E-state index contributed by atoms with van der Waals surface area (Å²) >= 11 is 0. The van der Waals surface area contributed by atoms with Crippen molar-refractivity contribution in [3.05, 3.63) is 84.4 Å². The van der Waals surface area contributed by atoms with Gasteiger partial charge in [-0.25, -0.2) is 0 Å². The predicted octanol–water partition coefficient (Wildman–Crippen LogP) is 4.19. The minimum absolute atomic E-state index is 0.110. The maximum absolute atomic E-state index is 12.1. The molecule has 0 atom stereocenters. The Labute approximate surface area is 129 Å². The minimum atomic E-state index is -0.110. The minimum Gasteiger partial charge on any atom is -0.399 e. The molecule has 0 bridgehead atoms. The molecule has 0 saturated carbocycles. The molecule has 0 fully saturated rings. The highest BCUT2D eigenvalue weighted by Gasteiger charge is 2.05. The van der Waals surface area contributed by atoms with Crippen LogP contribution < -0.4 is 11.1 Å². The first-order chi connectivity index (χ1) is 10.7. The van der Waals surface area contributed by atoms with Gasteiger partial charge in [-0.3, -0.25) is 4.79 Å². The molecular weight excluding hydrogens is 272 g/mol. The van der Waals surface area contributed by atoms with E-state index in [1.807, 2.05) is 66.7 Å². The predicted molar refractivity (Wildman–Crippen MR) is 90.7 cm³/mol. The van der Waals surface area contributed by atoms with Gasteiger partial charge in [0.2, 0.25) is 0 Å². The molecule has 22 heavy (non-hydrogen) atoms. The maximum atomic E-state index is 12.1. The van der Waals surface area contributed by atoms with Crippen LogP contribution in [-0.4, -0.2) is 5.91 Å². The summed E-state index contributed by atoms with van der Waals surface area (Å²) in [5.41, 5.74) is 10.0. The number of amides is 1. The second-order valence-corrected chi connectivity index (χ2v) is 5.02. The number of hydrogen-bond donors (Lipinski definition) is 2. The van der Waals surface area contributed by atoms with Gasteiger partial charge in [0.1, 0.15) is 0 Å². The third kappa shape index (κ3) is 3.15. The SMILES string of the molecule is Nc1ccc(-c2ccc(NC(=O)c3ccccc3)cc2)cc1. The van der Waals surface area contributed by atoms with Crippen LogP contribution in [0.4, 0.5) is 11.4 Å². The van der Waals surface area contributed by atoms with Crippen LogP contribution in [0, 0.1) is 0 Å². The van der Waals surface area contributed by atoms with E-state index in [0.717, 1.165) is 22.5 Å². The van der Waals surface area contributed by atoms with Crippen LogP contribution >= 0.6 is 0 Å². The molecule has 3 heteroatoms. The summed E-state index contributed by atoms with van der Waals surface area (Å²) in [5, 5.41) is 2.89. The lowest BCUT2D eigenvalue weighted by Gasteiger charge is -2.07. The normalized spacial score (nSPS) is 10.2. The van der Waals surface area contributed by atoms with Gasteiger partial charge in [0.25, 0.3) is 5.91 Å². The molecule has 0 unspecified atom stereocenters. The van der Waals surface area contributed by atoms with E-state index in [1.54, 1.807) is 12.1 Å². The van der Waals surface area contributed by atoms with Crippen molar-refractivity contribution in [2.24, 2.45) is 0 Å². The Morgan fingerprint density at radius 1 is 0.727 bits per heavy atom. The summed E-state index contributed by atoms with van der Waals surface area (Å²) in [6.07, 6.45) is 0. The fraction of sp³-hybridized carbons (Fsp3) is 0. The molecule has 3 rings (SSSR count). The van der Waals surface area contributed by atoms with Gasteiger partial charge in [-0.05, 0) is 47.5 Å². The van der Waals surface area contributed by atoms with Gasteiger partial charge >= 0.3 is 0 Å². The van der Waals surface area contributed by atoms with E-state index >= 15 is 0 Å². The molecule has 108 valence electrons. The first-order valence-corrected chi connectivity index (χ1v) is 7.05. The first kappa shape index (κ1) is 13.9. The van der Waals surface area contributed by atoms with Crippen molar-refractivity contribution in [1.82, 2.24) is 0 Å². The quantitative estimate of drug-likeness (QED) is 0.710. The molecule has 0 radical (unpaired) electrons. The van der Waals surface area contributed by atoms with Gasteiger partial charge in [-0.1, -0.05) is 42.5 Å². The highest BCUT2D eigenvalue weighted by molar-refractivity contribution is 6.04. The number of nitrogens with one attached hydrogen (secondary N) is 1. The number of carbonyl (C=O) groups excluding carboxylic acids is 1. The van der Waals surface area contributed by atoms with Gasteiger partial charge in [-0.2, -0.15) is 0 Å². The summed E-state index contributed by atoms with van der Waals surface area (Å²) in [7, 11) is 0. The Balaban J connectivity index is 1.74. The van der Waals surface area contributed by atoms with Crippen molar-refractivity contribution in [2.75, 3.05) is 11.1 Å². The molecule has 3 N–H and O–H groups in total. The number of rotatable bonds is 3. The highest BCUT2D eigenvalue weighted by Crippen LogP contribution is 2.22. The lowest BCUT2D eigenvalue weighted by atomic mass is 10.1. The molecule has 3 aromatic rings. The molecular formula is C19H16N2O. The molecule has 0 aliphatic heterocycles. The Morgan fingerprint density at radius 3 is 1.86 bits per heavy atom. The van der Waals surface area contributed by atoms with Crippen LogP contribution in [0.25, 0.3) is 11.1 Å². The van der Waals surface area contributed by atoms with Crippen molar-refractivity contribution in [1.29, 1.82) is 0 Å². The molecule has 0 aromatic heterocycles. The zero-order valence-corrected chi connectivity index (χ0v) is 12.0. The molecule has 1 amide bonds. The smallest absolute Gasteiger partial charge is 0.255 e. The second kappa shape index (κ2) is 6.14. The largest absolute Gasteiger partial charge is 0.399 e. The molecule has 0 aliphatic carbocycles. The summed E-state index contributed by atoms with van der Waals surface area (Å²) < 4.78 is 0. The standard InChI is InChI=1S/C19H16N2O/c20-17-10-6-14(7-11-17)15-8-12-18(13-9-15)21-19(22)16-4-2-1-3-5-16/h1-13H,20H2,(H,21,22). The fourth-order valence-electron chi connectivity index (χ4n) is 2.21. The van der Waals surface area contributed by atoms with Crippen LogP contribution in [0.15, 0.2) is 78.9 Å². The summed E-state index contributed by atoms with van der Waals surface area (Å²) in [6.45, 7) is 0. The van der Waals surface area contributed by atoms with Gasteiger partial charge in [0.15, 0.2) is 0 Å². The van der Waals surface area contributed by atoms with Gasteiger partial charge < -0.3 is 11.1 Å². The van der Waals surface area contributed by atoms with Gasteiger partial charge in [0.05, 0.1) is 0 Å². The number of anilines is 2. The van der Waals surface area contributed by atoms with Crippen molar-refractivity contribution in [3.63, 3.8) is 0 Å². The number of benzene rings is 3. The van der Waals surface area contributed by atoms with Crippen molar-refractivity contribution in [3.8, 4) is 11.1 Å². The lowest BCUT2D eigenvalue weighted by Crippen LogP contribution is -2.11. The molecule has 3 nitrogen and oxygen atoms in total. The third-order valence-electron chi connectivity index (χ3n) is 3.42. The molecule has 0 heterocycles. The summed E-state index contributed by atoms with van der Waals surface area (Å²) in [4.78, 5) is 12.1. The number of nitrogens with two attached hydrogens (primary N) is 1. The van der Waals surface area contributed by atoms with E-state index in [-0.39, 0.29) is 5.91 Å². The lowest BCUT2D eigenvalue weighted by molar-refractivity contribution is 0.102. The Hall–Kier alpha value is -3.07. The molecule has 0 aliphatic rings. The zero-order chi connectivity index (χ0) is 15.4. The Kier molecular flexibility index (Phi) is 3.88. The molecule has 3 aromatic carbocycles. The van der Waals surface area contributed by atoms with E-state index in [9.17, 15) is 4.79 Å². The van der Waals surface area contributed by atoms with Crippen LogP contribution in [-0.2, 0) is 0 Å². The van der Waals surface area contributed by atoms with Gasteiger partial charge in [-0.15, -0.1) is 0 Å². The van der Waals surface area contributed by atoms with Gasteiger partial charge in [0, 0.05) is 16.9 Å². The third-order valence-corrected chi connectivity index (χ3v) is 3.42. The average Bonchev–Trinajstić information content (AvgIpc) is 2.57. The van der Waals surface area contributed by atoms with E-state index < -0.39 is 0 Å². The monoisotopic (exact) mass is 288 g/mol. The molecule has 0 saturated heterocycles. The first-order valence-electron chi connectivity index (χ1n) is 7.05. The Bertz CT molecular complexity index is 763. The number of carbonyl (C=O) groups is 1. The van der Waals surface area contributed by atoms with E-state index in [1.165, 1.54) is 0 Å². The fourth-order valence-corrected chi connectivity index (χ4v) is 2.21. The topological polar surface area (TPSA) is 55.1 Å².